The van der Waals surface area contributed by atoms with Gasteiger partial charge in [0, 0.05) is 38.3 Å². The van der Waals surface area contributed by atoms with Crippen molar-refractivity contribution in [3.05, 3.63) is 0 Å². The molecule has 1 heterocycles. The van der Waals surface area contributed by atoms with E-state index >= 15 is 0 Å². The number of hydrogen-bond acceptors (Lipinski definition) is 3. The van der Waals surface area contributed by atoms with Crippen molar-refractivity contribution in [2.45, 2.75) is 58.0 Å². The first-order chi connectivity index (χ1) is 8.11. The maximum atomic E-state index is 9.13. The van der Waals surface area contributed by atoms with Crippen molar-refractivity contribution in [1.29, 1.82) is 0 Å². The van der Waals surface area contributed by atoms with E-state index in [1.165, 1.54) is 32.2 Å². The van der Waals surface area contributed by atoms with Crippen LogP contribution in [0.3, 0.4) is 0 Å². The zero-order valence-corrected chi connectivity index (χ0v) is 11.4. The lowest BCUT2D eigenvalue weighted by molar-refractivity contribution is 0.143. The zero-order valence-electron chi connectivity index (χ0n) is 11.4. The average Bonchev–Trinajstić information content (AvgIpc) is 2.74. The second kappa shape index (κ2) is 5.68. The van der Waals surface area contributed by atoms with Crippen LogP contribution in [0.5, 0.6) is 0 Å². The van der Waals surface area contributed by atoms with Crippen LogP contribution in [0.25, 0.3) is 0 Å². The molecular formula is C14H28N2O. The highest BCUT2D eigenvalue weighted by molar-refractivity contribution is 4.89. The molecule has 0 spiro atoms. The predicted octanol–water partition coefficient (Wildman–Crippen LogP) is 1.61. The van der Waals surface area contributed by atoms with Crippen molar-refractivity contribution < 1.29 is 5.11 Å². The fourth-order valence-corrected chi connectivity index (χ4v) is 3.34. The highest BCUT2D eigenvalue weighted by Crippen LogP contribution is 2.28. The minimum absolute atomic E-state index is 0.302. The summed E-state index contributed by atoms with van der Waals surface area (Å²) in [7, 11) is 0. The molecule has 2 rings (SSSR count). The molecule has 3 heteroatoms. The maximum Gasteiger partial charge on any atom is 0.0446 e. The summed E-state index contributed by atoms with van der Waals surface area (Å²) in [6.45, 7) is 8.39. The van der Waals surface area contributed by atoms with Gasteiger partial charge in [0.25, 0.3) is 0 Å². The lowest BCUT2D eigenvalue weighted by atomic mass is 9.92. The molecule has 1 unspecified atom stereocenters. The number of rotatable bonds is 3. The van der Waals surface area contributed by atoms with E-state index in [9.17, 15) is 0 Å². The third kappa shape index (κ3) is 3.67. The first-order valence-electron chi connectivity index (χ1n) is 7.19. The second-order valence-electron chi connectivity index (χ2n) is 6.62. The van der Waals surface area contributed by atoms with Gasteiger partial charge in [0.15, 0.2) is 0 Å². The van der Waals surface area contributed by atoms with Gasteiger partial charge in [-0.1, -0.05) is 26.7 Å². The van der Waals surface area contributed by atoms with E-state index in [0.717, 1.165) is 25.6 Å². The maximum absolute atomic E-state index is 9.13. The molecule has 17 heavy (non-hydrogen) atoms. The van der Waals surface area contributed by atoms with Crippen molar-refractivity contribution in [2.24, 2.45) is 5.41 Å². The highest BCUT2D eigenvalue weighted by atomic mass is 16.3. The van der Waals surface area contributed by atoms with Crippen LogP contribution in [0.4, 0.5) is 0 Å². The largest absolute Gasteiger partial charge is 0.396 e. The van der Waals surface area contributed by atoms with Gasteiger partial charge in [-0.05, 0) is 24.7 Å². The Kier molecular flexibility index (Phi) is 4.45. The van der Waals surface area contributed by atoms with Crippen LogP contribution in [0.2, 0.25) is 0 Å². The van der Waals surface area contributed by atoms with Gasteiger partial charge in [0.05, 0.1) is 0 Å². The molecule has 2 aliphatic rings. The first kappa shape index (κ1) is 13.3. The predicted molar refractivity (Wildman–Crippen MR) is 71.1 cm³/mol. The van der Waals surface area contributed by atoms with Gasteiger partial charge in [-0.15, -0.1) is 0 Å². The minimum Gasteiger partial charge on any atom is -0.396 e. The molecule has 2 fully saturated rings. The Labute approximate surface area is 106 Å². The summed E-state index contributed by atoms with van der Waals surface area (Å²) in [4.78, 5) is 2.69. The minimum atomic E-state index is 0.302. The molecule has 0 bridgehead atoms. The molecule has 100 valence electrons. The molecule has 0 amide bonds. The molecule has 1 aliphatic carbocycles. The molecule has 1 aliphatic heterocycles. The van der Waals surface area contributed by atoms with Crippen LogP contribution in [0.1, 0.15) is 46.0 Å². The topological polar surface area (TPSA) is 35.5 Å². The van der Waals surface area contributed by atoms with Gasteiger partial charge < -0.3 is 10.4 Å². The van der Waals surface area contributed by atoms with Crippen molar-refractivity contribution >= 4 is 0 Å². The van der Waals surface area contributed by atoms with Gasteiger partial charge in [-0.25, -0.2) is 0 Å². The second-order valence-corrected chi connectivity index (χ2v) is 6.62. The van der Waals surface area contributed by atoms with Crippen LogP contribution in [0.15, 0.2) is 0 Å². The Morgan fingerprint density at radius 2 is 2.00 bits per heavy atom. The van der Waals surface area contributed by atoms with Gasteiger partial charge in [0.1, 0.15) is 0 Å². The Balaban J connectivity index is 2.00. The van der Waals surface area contributed by atoms with E-state index in [-0.39, 0.29) is 0 Å². The molecule has 1 saturated heterocycles. The van der Waals surface area contributed by atoms with Crippen molar-refractivity contribution in [1.82, 2.24) is 10.2 Å². The van der Waals surface area contributed by atoms with Gasteiger partial charge in [-0.2, -0.15) is 0 Å². The van der Waals surface area contributed by atoms with Gasteiger partial charge in [-0.3, -0.25) is 4.90 Å². The summed E-state index contributed by atoms with van der Waals surface area (Å²) in [6, 6.07) is 1.28. The summed E-state index contributed by atoms with van der Waals surface area (Å²) < 4.78 is 0. The standard InChI is InChI=1S/C14H28N2O/c1-14(2)10-15-12(7-8-17)9-16(11-14)13-5-3-4-6-13/h12-13,15,17H,3-11H2,1-2H3. The molecule has 0 aromatic rings. The normalized spacial score (nSPS) is 31.6. The summed E-state index contributed by atoms with van der Waals surface area (Å²) in [5.41, 5.74) is 0.354. The number of aliphatic hydroxyl groups is 1. The van der Waals surface area contributed by atoms with E-state index < -0.39 is 0 Å². The summed E-state index contributed by atoms with van der Waals surface area (Å²) in [6.07, 6.45) is 6.45. The molecule has 1 saturated carbocycles. The lowest BCUT2D eigenvalue weighted by Gasteiger charge is -2.33. The van der Waals surface area contributed by atoms with Gasteiger partial charge in [0.2, 0.25) is 0 Å². The lowest BCUT2D eigenvalue weighted by Crippen LogP contribution is -2.42. The van der Waals surface area contributed by atoms with E-state index in [1.807, 2.05) is 0 Å². The summed E-state index contributed by atoms with van der Waals surface area (Å²) in [5.74, 6) is 0. The molecular weight excluding hydrogens is 212 g/mol. The molecule has 0 aromatic carbocycles. The molecule has 1 atom stereocenters. The summed E-state index contributed by atoms with van der Waals surface area (Å²) >= 11 is 0. The zero-order chi connectivity index (χ0) is 12.3. The van der Waals surface area contributed by atoms with Crippen LogP contribution in [0, 0.1) is 5.41 Å². The molecule has 3 nitrogen and oxygen atoms in total. The van der Waals surface area contributed by atoms with Crippen molar-refractivity contribution in [2.75, 3.05) is 26.2 Å². The monoisotopic (exact) mass is 240 g/mol. The number of nitrogens with one attached hydrogen (secondary N) is 1. The van der Waals surface area contributed by atoms with Crippen LogP contribution >= 0.6 is 0 Å². The fraction of sp³-hybridized carbons (Fsp3) is 1.00. The van der Waals surface area contributed by atoms with E-state index in [2.05, 4.69) is 24.1 Å². The Hall–Kier alpha value is -0.120. The van der Waals surface area contributed by atoms with Crippen LogP contribution in [-0.4, -0.2) is 48.3 Å². The SMILES string of the molecule is CC1(C)CNC(CCO)CN(C2CCCC2)C1. The smallest absolute Gasteiger partial charge is 0.0446 e. The van der Waals surface area contributed by atoms with Gasteiger partial charge >= 0.3 is 0 Å². The van der Waals surface area contributed by atoms with E-state index in [0.29, 0.717) is 18.1 Å². The molecule has 0 aromatic heterocycles. The van der Waals surface area contributed by atoms with Crippen LogP contribution < -0.4 is 5.32 Å². The molecule has 2 N–H and O–H groups in total. The number of nitrogens with zero attached hydrogens (tertiary/aromatic N) is 1. The Morgan fingerprint density at radius 3 is 2.65 bits per heavy atom. The average molecular weight is 240 g/mol. The highest BCUT2D eigenvalue weighted by Gasteiger charge is 2.33. The fourth-order valence-electron chi connectivity index (χ4n) is 3.34. The first-order valence-corrected chi connectivity index (χ1v) is 7.19. The van der Waals surface area contributed by atoms with Crippen molar-refractivity contribution in [3.8, 4) is 0 Å². The Bertz CT molecular complexity index is 236. The molecule has 0 radical (unpaired) electrons. The summed E-state index contributed by atoms with van der Waals surface area (Å²) in [5, 5.41) is 12.8. The number of aliphatic hydroxyl groups excluding tert-OH is 1. The quantitative estimate of drug-likeness (QED) is 0.787. The number of hydrogen-bond donors (Lipinski definition) is 2. The Morgan fingerprint density at radius 1 is 1.29 bits per heavy atom. The third-order valence-corrected chi connectivity index (χ3v) is 4.27. The third-order valence-electron chi connectivity index (χ3n) is 4.27. The van der Waals surface area contributed by atoms with E-state index in [1.54, 1.807) is 0 Å². The van der Waals surface area contributed by atoms with E-state index in [4.69, 9.17) is 5.11 Å². The van der Waals surface area contributed by atoms with Crippen molar-refractivity contribution in [3.63, 3.8) is 0 Å². The van der Waals surface area contributed by atoms with Crippen LogP contribution in [-0.2, 0) is 0 Å².